The third-order valence-corrected chi connectivity index (χ3v) is 6.75. The van der Waals surface area contributed by atoms with E-state index in [4.69, 9.17) is 11.6 Å². The van der Waals surface area contributed by atoms with E-state index in [2.05, 4.69) is 39.9 Å². The highest BCUT2D eigenvalue weighted by Gasteiger charge is 2.21. The number of amides is 2. The van der Waals surface area contributed by atoms with E-state index in [1.807, 2.05) is 54.8 Å². The highest BCUT2D eigenvalue weighted by molar-refractivity contribution is 7.98. The molecule has 1 heterocycles. The second-order valence-corrected chi connectivity index (χ2v) is 9.53. The van der Waals surface area contributed by atoms with Crippen LogP contribution in [0.25, 0.3) is 5.69 Å². The van der Waals surface area contributed by atoms with E-state index in [1.165, 1.54) is 29.3 Å². The predicted molar refractivity (Wildman–Crippen MR) is 139 cm³/mol. The number of carbonyl (C=O) groups is 1. The van der Waals surface area contributed by atoms with E-state index in [9.17, 15) is 9.18 Å². The van der Waals surface area contributed by atoms with Gasteiger partial charge in [-0.05, 0) is 62.2 Å². The smallest absolute Gasteiger partial charge is 0.319 e. The van der Waals surface area contributed by atoms with Gasteiger partial charge in [-0.1, -0.05) is 65.3 Å². The first-order chi connectivity index (χ1) is 16.8. The summed E-state index contributed by atoms with van der Waals surface area (Å²) >= 11 is 7.40. The number of halogens is 2. The van der Waals surface area contributed by atoms with E-state index in [0.717, 1.165) is 22.2 Å². The van der Waals surface area contributed by atoms with Gasteiger partial charge in [0, 0.05) is 17.1 Å². The van der Waals surface area contributed by atoms with Gasteiger partial charge in [-0.15, -0.1) is 10.2 Å². The zero-order valence-electron chi connectivity index (χ0n) is 19.5. The van der Waals surface area contributed by atoms with Crippen molar-refractivity contribution in [2.45, 2.75) is 37.7 Å². The number of nitrogens with one attached hydrogen (secondary N) is 2. The minimum absolute atomic E-state index is 0.0646. The largest absolute Gasteiger partial charge is 0.328 e. The summed E-state index contributed by atoms with van der Waals surface area (Å²) in [6.07, 6.45) is 0. The molecule has 4 aromatic rings. The van der Waals surface area contributed by atoms with Crippen molar-refractivity contribution in [3.05, 3.63) is 100 Å². The molecular formula is C26H25ClFN5OS. The Kier molecular flexibility index (Phi) is 7.73. The number of benzene rings is 3. The molecule has 0 bridgehead atoms. The van der Waals surface area contributed by atoms with Crippen molar-refractivity contribution in [2.24, 2.45) is 0 Å². The molecular weight excluding hydrogens is 485 g/mol. The minimum Gasteiger partial charge on any atom is -0.328 e. The molecule has 2 N–H and O–H groups in total. The van der Waals surface area contributed by atoms with Crippen LogP contribution in [0, 0.1) is 19.7 Å². The molecule has 0 aliphatic carbocycles. The predicted octanol–water partition coefficient (Wildman–Crippen LogP) is 6.85. The molecule has 3 aromatic carbocycles. The van der Waals surface area contributed by atoms with Crippen molar-refractivity contribution in [3.63, 3.8) is 0 Å². The van der Waals surface area contributed by atoms with Crippen LogP contribution in [0.2, 0.25) is 5.02 Å². The molecule has 0 saturated carbocycles. The summed E-state index contributed by atoms with van der Waals surface area (Å²) in [5.74, 6) is 0.783. The van der Waals surface area contributed by atoms with Crippen molar-refractivity contribution >= 4 is 35.1 Å². The number of urea groups is 1. The minimum atomic E-state index is -0.548. The van der Waals surface area contributed by atoms with Gasteiger partial charge in [0.15, 0.2) is 11.0 Å². The lowest BCUT2D eigenvalue weighted by atomic mass is 10.1. The molecule has 0 radical (unpaired) electrons. The number of anilines is 1. The molecule has 6 nitrogen and oxygen atoms in total. The van der Waals surface area contributed by atoms with Gasteiger partial charge in [0.25, 0.3) is 0 Å². The lowest BCUT2D eigenvalue weighted by molar-refractivity contribution is 0.249. The summed E-state index contributed by atoms with van der Waals surface area (Å²) < 4.78 is 15.4. The molecule has 2 amide bonds. The first-order valence-corrected chi connectivity index (χ1v) is 12.4. The summed E-state index contributed by atoms with van der Waals surface area (Å²) in [4.78, 5) is 12.6. The normalized spacial score (nSPS) is 11.8. The van der Waals surface area contributed by atoms with Crippen LogP contribution in [0.15, 0.2) is 71.9 Å². The van der Waals surface area contributed by atoms with Crippen LogP contribution in [-0.2, 0) is 5.75 Å². The number of carbonyl (C=O) groups excluding carboxylic acids is 1. The van der Waals surface area contributed by atoms with Gasteiger partial charge in [-0.25, -0.2) is 9.18 Å². The molecule has 1 aromatic heterocycles. The Balaban J connectivity index is 1.57. The molecule has 0 saturated heterocycles. The first kappa shape index (κ1) is 24.8. The van der Waals surface area contributed by atoms with Crippen LogP contribution in [0.4, 0.5) is 14.9 Å². The Morgan fingerprint density at radius 2 is 1.83 bits per heavy atom. The zero-order chi connectivity index (χ0) is 24.9. The van der Waals surface area contributed by atoms with Crippen molar-refractivity contribution in [1.29, 1.82) is 0 Å². The average Bonchev–Trinajstić information content (AvgIpc) is 3.25. The van der Waals surface area contributed by atoms with E-state index in [-0.39, 0.29) is 5.02 Å². The van der Waals surface area contributed by atoms with Crippen molar-refractivity contribution in [3.8, 4) is 5.69 Å². The third kappa shape index (κ3) is 6.01. The number of rotatable bonds is 7. The standard InChI is InChI=1S/C26H25ClFN5OS/c1-16-8-11-21(12-9-16)33-24(31-32-26(33)35-15-19-7-5-4-6-17(19)2)18(3)29-25(34)30-20-10-13-23(28)22(27)14-20/h4-14,18H,15H2,1-3H3,(H2,29,30,34)/t18-/m0/s1. The van der Waals surface area contributed by atoms with Crippen LogP contribution in [0.1, 0.15) is 35.5 Å². The molecule has 0 fully saturated rings. The Morgan fingerprint density at radius 1 is 1.09 bits per heavy atom. The maximum absolute atomic E-state index is 13.4. The fourth-order valence-electron chi connectivity index (χ4n) is 3.51. The number of aromatic nitrogens is 3. The van der Waals surface area contributed by atoms with Gasteiger partial charge >= 0.3 is 6.03 Å². The van der Waals surface area contributed by atoms with Gasteiger partial charge in [0.1, 0.15) is 5.82 Å². The summed E-state index contributed by atoms with van der Waals surface area (Å²) in [7, 11) is 0. The summed E-state index contributed by atoms with van der Waals surface area (Å²) in [5.41, 5.74) is 4.87. The maximum atomic E-state index is 13.4. The van der Waals surface area contributed by atoms with Gasteiger partial charge < -0.3 is 10.6 Å². The van der Waals surface area contributed by atoms with Crippen molar-refractivity contribution in [2.75, 3.05) is 5.32 Å². The van der Waals surface area contributed by atoms with Gasteiger partial charge in [0.05, 0.1) is 11.1 Å². The topological polar surface area (TPSA) is 71.8 Å². The van der Waals surface area contributed by atoms with E-state index < -0.39 is 17.9 Å². The molecule has 180 valence electrons. The fourth-order valence-corrected chi connectivity index (χ4v) is 4.72. The Hall–Kier alpha value is -3.36. The molecule has 1 atom stereocenters. The van der Waals surface area contributed by atoms with Crippen LogP contribution in [0.3, 0.4) is 0 Å². The monoisotopic (exact) mass is 509 g/mol. The lowest BCUT2D eigenvalue weighted by Gasteiger charge is -2.17. The Bertz CT molecular complexity index is 1340. The van der Waals surface area contributed by atoms with Gasteiger partial charge in [0.2, 0.25) is 0 Å². The van der Waals surface area contributed by atoms with E-state index in [1.54, 1.807) is 11.8 Å². The van der Waals surface area contributed by atoms with Crippen LogP contribution in [-0.4, -0.2) is 20.8 Å². The lowest BCUT2D eigenvalue weighted by Crippen LogP contribution is -2.32. The van der Waals surface area contributed by atoms with Gasteiger partial charge in [-0.2, -0.15) is 0 Å². The maximum Gasteiger partial charge on any atom is 0.319 e. The third-order valence-electron chi connectivity index (χ3n) is 5.48. The van der Waals surface area contributed by atoms with E-state index >= 15 is 0 Å². The highest BCUT2D eigenvalue weighted by atomic mass is 35.5. The Morgan fingerprint density at radius 3 is 2.54 bits per heavy atom. The average molecular weight is 510 g/mol. The molecule has 0 unspecified atom stereocenters. The summed E-state index contributed by atoms with van der Waals surface area (Å²) in [6, 6.07) is 19.4. The number of hydrogen-bond donors (Lipinski definition) is 2. The molecule has 0 aliphatic rings. The summed E-state index contributed by atoms with van der Waals surface area (Å²) in [6.45, 7) is 5.95. The van der Waals surface area contributed by atoms with Gasteiger partial charge in [-0.3, -0.25) is 4.57 Å². The molecule has 0 spiro atoms. The first-order valence-electron chi connectivity index (χ1n) is 11.0. The number of nitrogens with zero attached hydrogens (tertiary/aromatic N) is 3. The Labute approximate surface area is 212 Å². The second-order valence-electron chi connectivity index (χ2n) is 8.18. The summed E-state index contributed by atoms with van der Waals surface area (Å²) in [5, 5.41) is 15.1. The number of hydrogen-bond acceptors (Lipinski definition) is 4. The quantitative estimate of drug-likeness (QED) is 0.267. The molecule has 4 rings (SSSR count). The number of thioether (sulfide) groups is 1. The molecule has 0 aliphatic heterocycles. The fraction of sp³-hybridized carbons (Fsp3) is 0.192. The SMILES string of the molecule is Cc1ccc(-n2c(SCc3ccccc3C)nnc2[C@H](C)NC(=O)Nc2ccc(F)c(Cl)c2)cc1. The second kappa shape index (κ2) is 10.9. The van der Waals surface area contributed by atoms with Crippen LogP contribution >= 0.6 is 23.4 Å². The van der Waals surface area contributed by atoms with Crippen molar-refractivity contribution in [1.82, 2.24) is 20.1 Å². The molecule has 9 heteroatoms. The highest BCUT2D eigenvalue weighted by Crippen LogP contribution is 2.28. The van der Waals surface area contributed by atoms with Crippen LogP contribution < -0.4 is 10.6 Å². The number of aryl methyl sites for hydroxylation is 2. The van der Waals surface area contributed by atoms with E-state index in [0.29, 0.717) is 11.5 Å². The van der Waals surface area contributed by atoms with Crippen LogP contribution in [0.5, 0.6) is 0 Å². The zero-order valence-corrected chi connectivity index (χ0v) is 21.1. The van der Waals surface area contributed by atoms with Crippen molar-refractivity contribution < 1.29 is 9.18 Å². The molecule has 35 heavy (non-hydrogen) atoms.